The second-order valence-corrected chi connectivity index (χ2v) is 9.44. The molecule has 0 radical (unpaired) electrons. The van der Waals surface area contributed by atoms with Crippen LogP contribution in [-0.4, -0.2) is 35.1 Å². The molecule has 0 aromatic carbocycles. The Bertz CT molecular complexity index is 384. The molecular weight excluding hydrogens is 495 g/mol. The lowest BCUT2D eigenvalue weighted by atomic mass is 10.0. The standard InChI is InChI=1S/C23H45IN2O2S/c24-18-15-20-26-23(28)17-14-19-25-22(27)16-12-10-8-6-4-2-1-3-5-7-9-11-13-21-29/h29H,1-21H2,(H,25,27)(H,26,28). The molecule has 0 saturated carbocycles. The summed E-state index contributed by atoms with van der Waals surface area (Å²) in [6, 6.07) is 0. The van der Waals surface area contributed by atoms with Crippen molar-refractivity contribution in [1.29, 1.82) is 0 Å². The molecule has 0 spiro atoms. The molecule has 2 amide bonds. The first-order chi connectivity index (χ1) is 14.2. The van der Waals surface area contributed by atoms with E-state index in [0.717, 1.165) is 42.4 Å². The fourth-order valence-electron chi connectivity index (χ4n) is 3.29. The molecule has 29 heavy (non-hydrogen) atoms. The van der Waals surface area contributed by atoms with Crippen LogP contribution < -0.4 is 10.6 Å². The van der Waals surface area contributed by atoms with Crippen molar-refractivity contribution >= 4 is 47.0 Å². The molecule has 0 heterocycles. The van der Waals surface area contributed by atoms with E-state index in [1.165, 1.54) is 70.6 Å². The summed E-state index contributed by atoms with van der Waals surface area (Å²) in [5.41, 5.74) is 0. The normalized spacial score (nSPS) is 10.8. The number of carbonyl (C=O) groups excluding carboxylic acids is 2. The van der Waals surface area contributed by atoms with E-state index in [1.54, 1.807) is 0 Å². The zero-order chi connectivity index (χ0) is 21.4. The highest BCUT2D eigenvalue weighted by atomic mass is 127. The molecule has 0 atom stereocenters. The minimum atomic E-state index is 0.0911. The van der Waals surface area contributed by atoms with Crippen molar-refractivity contribution in [2.45, 2.75) is 109 Å². The van der Waals surface area contributed by atoms with Crippen LogP contribution in [0.3, 0.4) is 0 Å². The van der Waals surface area contributed by atoms with Gasteiger partial charge in [0.05, 0.1) is 0 Å². The summed E-state index contributed by atoms with van der Waals surface area (Å²) >= 11 is 6.55. The quantitative estimate of drug-likeness (QED) is 0.0662. The zero-order valence-corrected chi connectivity index (χ0v) is 21.5. The minimum Gasteiger partial charge on any atom is -0.356 e. The van der Waals surface area contributed by atoms with Gasteiger partial charge in [0.2, 0.25) is 11.8 Å². The molecule has 0 aliphatic rings. The number of rotatable bonds is 22. The largest absolute Gasteiger partial charge is 0.356 e. The SMILES string of the molecule is O=C(CCCCCCCCCCCCCCCS)NCCCC(=O)NCCCI. The number of alkyl halides is 1. The van der Waals surface area contributed by atoms with Gasteiger partial charge in [-0.2, -0.15) is 12.6 Å². The van der Waals surface area contributed by atoms with Crippen LogP contribution in [-0.2, 0) is 9.59 Å². The van der Waals surface area contributed by atoms with E-state index in [-0.39, 0.29) is 11.8 Å². The average molecular weight is 541 g/mol. The molecule has 0 aliphatic carbocycles. The predicted octanol–water partition coefficient (Wildman–Crippen LogP) is 6.22. The first kappa shape index (κ1) is 29.0. The van der Waals surface area contributed by atoms with Gasteiger partial charge in [0.25, 0.3) is 0 Å². The van der Waals surface area contributed by atoms with Crippen LogP contribution in [0.5, 0.6) is 0 Å². The number of nitrogens with one attached hydrogen (secondary N) is 2. The van der Waals surface area contributed by atoms with E-state index in [0.29, 0.717) is 19.4 Å². The summed E-state index contributed by atoms with van der Waals surface area (Å²) in [6.07, 6.45) is 19.8. The number of thiol groups is 1. The third-order valence-corrected chi connectivity index (χ3v) is 6.18. The number of hydrogen-bond acceptors (Lipinski definition) is 3. The molecule has 4 nitrogen and oxygen atoms in total. The third kappa shape index (κ3) is 24.2. The topological polar surface area (TPSA) is 58.2 Å². The van der Waals surface area contributed by atoms with Crippen LogP contribution in [0.4, 0.5) is 0 Å². The Kier molecular flexibility index (Phi) is 24.3. The van der Waals surface area contributed by atoms with Crippen molar-refractivity contribution in [2.75, 3.05) is 23.3 Å². The summed E-state index contributed by atoms with van der Waals surface area (Å²) in [4.78, 5) is 23.4. The molecule has 0 rings (SSSR count). The van der Waals surface area contributed by atoms with Crippen molar-refractivity contribution in [3.63, 3.8) is 0 Å². The fourth-order valence-corrected chi connectivity index (χ4v) is 3.90. The molecule has 0 saturated heterocycles. The zero-order valence-electron chi connectivity index (χ0n) is 18.5. The molecular formula is C23H45IN2O2S. The monoisotopic (exact) mass is 540 g/mol. The van der Waals surface area contributed by atoms with E-state index < -0.39 is 0 Å². The Morgan fingerprint density at radius 3 is 1.38 bits per heavy atom. The molecule has 6 heteroatoms. The summed E-state index contributed by atoms with van der Waals surface area (Å²) in [5.74, 6) is 1.25. The Morgan fingerprint density at radius 2 is 0.931 bits per heavy atom. The van der Waals surface area contributed by atoms with E-state index in [2.05, 4.69) is 45.9 Å². The molecule has 0 aliphatic heterocycles. The number of halogens is 1. The lowest BCUT2D eigenvalue weighted by Crippen LogP contribution is -2.27. The van der Waals surface area contributed by atoms with Crippen molar-refractivity contribution in [3.8, 4) is 0 Å². The molecule has 0 fully saturated rings. The van der Waals surface area contributed by atoms with Crippen LogP contribution in [0.1, 0.15) is 109 Å². The Hall–Kier alpha value is 0.0200. The highest BCUT2D eigenvalue weighted by Crippen LogP contribution is 2.13. The first-order valence-electron chi connectivity index (χ1n) is 11.9. The second-order valence-electron chi connectivity index (χ2n) is 7.92. The maximum Gasteiger partial charge on any atom is 0.220 e. The van der Waals surface area contributed by atoms with Crippen LogP contribution in [0, 0.1) is 0 Å². The fraction of sp³-hybridized carbons (Fsp3) is 0.913. The minimum absolute atomic E-state index is 0.0911. The smallest absolute Gasteiger partial charge is 0.220 e. The lowest BCUT2D eigenvalue weighted by Gasteiger charge is -2.06. The van der Waals surface area contributed by atoms with E-state index in [9.17, 15) is 9.59 Å². The first-order valence-corrected chi connectivity index (χ1v) is 14.1. The van der Waals surface area contributed by atoms with Gasteiger partial charge in [-0.3, -0.25) is 9.59 Å². The summed E-state index contributed by atoms with van der Waals surface area (Å²) in [6.45, 7) is 1.36. The second kappa shape index (κ2) is 24.3. The number of unbranched alkanes of at least 4 members (excludes halogenated alkanes) is 12. The van der Waals surface area contributed by atoms with Crippen LogP contribution >= 0.6 is 35.2 Å². The Labute approximate surface area is 199 Å². The van der Waals surface area contributed by atoms with Gasteiger partial charge in [-0.1, -0.05) is 93.2 Å². The molecule has 172 valence electrons. The maximum absolute atomic E-state index is 11.8. The van der Waals surface area contributed by atoms with Gasteiger partial charge in [-0.25, -0.2) is 0 Å². The molecule has 0 bridgehead atoms. The average Bonchev–Trinajstić information content (AvgIpc) is 2.71. The van der Waals surface area contributed by atoms with Crippen molar-refractivity contribution in [3.05, 3.63) is 0 Å². The summed E-state index contributed by atoms with van der Waals surface area (Å²) < 4.78 is 1.06. The molecule has 0 unspecified atom stereocenters. The van der Waals surface area contributed by atoms with Gasteiger partial charge in [0.15, 0.2) is 0 Å². The van der Waals surface area contributed by atoms with Gasteiger partial charge in [0.1, 0.15) is 0 Å². The van der Waals surface area contributed by atoms with Crippen molar-refractivity contribution < 1.29 is 9.59 Å². The van der Waals surface area contributed by atoms with Crippen LogP contribution in [0.25, 0.3) is 0 Å². The number of carbonyl (C=O) groups is 2. The predicted molar refractivity (Wildman–Crippen MR) is 137 cm³/mol. The molecule has 0 aromatic rings. The highest BCUT2D eigenvalue weighted by molar-refractivity contribution is 14.1. The van der Waals surface area contributed by atoms with Gasteiger partial charge in [-0.05, 0) is 31.4 Å². The van der Waals surface area contributed by atoms with Gasteiger partial charge < -0.3 is 10.6 Å². The lowest BCUT2D eigenvalue weighted by molar-refractivity contribution is -0.123. The van der Waals surface area contributed by atoms with E-state index >= 15 is 0 Å². The maximum atomic E-state index is 11.8. The highest BCUT2D eigenvalue weighted by Gasteiger charge is 2.03. The van der Waals surface area contributed by atoms with E-state index in [4.69, 9.17) is 0 Å². The van der Waals surface area contributed by atoms with Crippen molar-refractivity contribution in [1.82, 2.24) is 10.6 Å². The number of hydrogen-bond donors (Lipinski definition) is 3. The van der Waals surface area contributed by atoms with Gasteiger partial charge >= 0.3 is 0 Å². The van der Waals surface area contributed by atoms with Crippen LogP contribution in [0.2, 0.25) is 0 Å². The van der Waals surface area contributed by atoms with Crippen LogP contribution in [0.15, 0.2) is 0 Å². The summed E-state index contributed by atoms with van der Waals surface area (Å²) in [5, 5.41) is 5.82. The third-order valence-electron chi connectivity index (χ3n) is 5.10. The number of amides is 2. The summed E-state index contributed by atoms with van der Waals surface area (Å²) in [7, 11) is 0. The Balaban J connectivity index is 3.23. The Morgan fingerprint density at radius 1 is 0.552 bits per heavy atom. The molecule has 0 aromatic heterocycles. The van der Waals surface area contributed by atoms with E-state index in [1.807, 2.05) is 0 Å². The van der Waals surface area contributed by atoms with Gasteiger partial charge in [-0.15, -0.1) is 0 Å². The van der Waals surface area contributed by atoms with Crippen molar-refractivity contribution in [2.24, 2.45) is 0 Å². The molecule has 2 N–H and O–H groups in total. The van der Waals surface area contributed by atoms with Gasteiger partial charge in [0, 0.05) is 30.4 Å².